The SMILES string of the molecule is CC(C)Oc1cccc(C(CC2CC2)NN)c1. The van der Waals surface area contributed by atoms with Crippen molar-refractivity contribution in [3.63, 3.8) is 0 Å². The first-order chi connectivity index (χ1) is 8.19. The monoisotopic (exact) mass is 234 g/mol. The van der Waals surface area contributed by atoms with Gasteiger partial charge in [-0.25, -0.2) is 0 Å². The third-order valence-electron chi connectivity index (χ3n) is 3.10. The molecule has 0 bridgehead atoms. The van der Waals surface area contributed by atoms with E-state index >= 15 is 0 Å². The number of benzene rings is 1. The summed E-state index contributed by atoms with van der Waals surface area (Å²) in [5.74, 6) is 7.42. The molecule has 1 aromatic rings. The number of nitrogens with two attached hydrogens (primary N) is 1. The van der Waals surface area contributed by atoms with Crippen LogP contribution in [0.5, 0.6) is 5.75 Å². The Balaban J connectivity index is 2.06. The molecule has 0 saturated heterocycles. The zero-order valence-electron chi connectivity index (χ0n) is 10.6. The molecule has 0 aliphatic heterocycles. The van der Waals surface area contributed by atoms with E-state index in [0.717, 1.165) is 18.1 Å². The lowest BCUT2D eigenvalue weighted by Crippen LogP contribution is -2.28. The zero-order valence-corrected chi connectivity index (χ0v) is 10.6. The highest BCUT2D eigenvalue weighted by molar-refractivity contribution is 5.30. The van der Waals surface area contributed by atoms with E-state index < -0.39 is 0 Å². The highest BCUT2D eigenvalue weighted by Crippen LogP contribution is 2.37. The first kappa shape index (κ1) is 12.4. The summed E-state index contributed by atoms with van der Waals surface area (Å²) in [6.45, 7) is 4.07. The van der Waals surface area contributed by atoms with Gasteiger partial charge in [-0.05, 0) is 43.9 Å². The predicted octanol–water partition coefficient (Wildman–Crippen LogP) is 2.78. The number of hydrogen-bond donors (Lipinski definition) is 2. The van der Waals surface area contributed by atoms with Crippen molar-refractivity contribution >= 4 is 0 Å². The van der Waals surface area contributed by atoms with Crippen LogP contribution < -0.4 is 16.0 Å². The molecule has 0 aromatic heterocycles. The van der Waals surface area contributed by atoms with Crippen LogP contribution in [-0.4, -0.2) is 6.10 Å². The Labute approximate surface area is 103 Å². The van der Waals surface area contributed by atoms with E-state index in [1.165, 1.54) is 18.4 Å². The lowest BCUT2D eigenvalue weighted by Gasteiger charge is -2.17. The molecule has 0 amide bonds. The van der Waals surface area contributed by atoms with Gasteiger partial charge in [0.25, 0.3) is 0 Å². The zero-order chi connectivity index (χ0) is 12.3. The molecule has 1 aromatic carbocycles. The van der Waals surface area contributed by atoms with Gasteiger partial charge in [-0.15, -0.1) is 0 Å². The number of rotatable bonds is 6. The van der Waals surface area contributed by atoms with E-state index in [1.807, 2.05) is 26.0 Å². The van der Waals surface area contributed by atoms with Crippen molar-refractivity contribution in [2.45, 2.75) is 45.3 Å². The number of hydrogen-bond acceptors (Lipinski definition) is 3. The van der Waals surface area contributed by atoms with Crippen molar-refractivity contribution in [3.8, 4) is 5.75 Å². The molecular weight excluding hydrogens is 212 g/mol. The third kappa shape index (κ3) is 3.72. The summed E-state index contributed by atoms with van der Waals surface area (Å²) in [5.41, 5.74) is 4.13. The van der Waals surface area contributed by atoms with Gasteiger partial charge in [0.2, 0.25) is 0 Å². The van der Waals surface area contributed by atoms with Crippen molar-refractivity contribution in [2.24, 2.45) is 11.8 Å². The lowest BCUT2D eigenvalue weighted by atomic mass is 10.0. The van der Waals surface area contributed by atoms with Gasteiger partial charge >= 0.3 is 0 Å². The second-order valence-electron chi connectivity index (χ2n) is 5.14. The largest absolute Gasteiger partial charge is 0.491 e. The molecule has 1 aliphatic rings. The van der Waals surface area contributed by atoms with Gasteiger partial charge in [0.15, 0.2) is 0 Å². The van der Waals surface area contributed by atoms with Crippen LogP contribution in [0.3, 0.4) is 0 Å². The summed E-state index contributed by atoms with van der Waals surface area (Å²) in [4.78, 5) is 0. The molecular formula is C14H22N2O. The average Bonchev–Trinajstić information content (AvgIpc) is 3.09. The summed E-state index contributed by atoms with van der Waals surface area (Å²) in [6.07, 6.45) is 4.03. The molecule has 1 unspecified atom stereocenters. The fourth-order valence-corrected chi connectivity index (χ4v) is 2.06. The van der Waals surface area contributed by atoms with Crippen LogP contribution in [-0.2, 0) is 0 Å². The summed E-state index contributed by atoms with van der Waals surface area (Å²) in [7, 11) is 0. The van der Waals surface area contributed by atoms with E-state index in [9.17, 15) is 0 Å². The first-order valence-corrected chi connectivity index (χ1v) is 6.41. The lowest BCUT2D eigenvalue weighted by molar-refractivity contribution is 0.242. The Kier molecular flexibility index (Phi) is 4.02. The van der Waals surface area contributed by atoms with Crippen LogP contribution in [0.25, 0.3) is 0 Å². The van der Waals surface area contributed by atoms with E-state index in [-0.39, 0.29) is 12.1 Å². The number of hydrazine groups is 1. The predicted molar refractivity (Wildman–Crippen MR) is 69.6 cm³/mol. The number of ether oxygens (including phenoxy) is 1. The minimum Gasteiger partial charge on any atom is -0.491 e. The maximum absolute atomic E-state index is 5.70. The minimum absolute atomic E-state index is 0.206. The van der Waals surface area contributed by atoms with Crippen LogP contribution in [0.2, 0.25) is 0 Å². The van der Waals surface area contributed by atoms with Gasteiger partial charge in [-0.1, -0.05) is 25.0 Å². The van der Waals surface area contributed by atoms with E-state index in [1.54, 1.807) is 0 Å². The van der Waals surface area contributed by atoms with Crippen molar-refractivity contribution in [3.05, 3.63) is 29.8 Å². The Bertz CT molecular complexity index is 361. The van der Waals surface area contributed by atoms with Crippen LogP contribution >= 0.6 is 0 Å². The van der Waals surface area contributed by atoms with Crippen molar-refractivity contribution in [1.82, 2.24) is 5.43 Å². The molecule has 0 spiro atoms. The second-order valence-corrected chi connectivity index (χ2v) is 5.14. The molecule has 94 valence electrons. The summed E-state index contributed by atoms with van der Waals surface area (Å²) >= 11 is 0. The maximum Gasteiger partial charge on any atom is 0.120 e. The minimum atomic E-state index is 0.206. The fourth-order valence-electron chi connectivity index (χ4n) is 2.06. The molecule has 0 heterocycles. The highest BCUT2D eigenvalue weighted by atomic mass is 16.5. The normalized spacial score (nSPS) is 17.2. The Morgan fingerprint density at radius 3 is 2.76 bits per heavy atom. The molecule has 3 heteroatoms. The quantitative estimate of drug-likeness (QED) is 0.587. The van der Waals surface area contributed by atoms with Crippen molar-refractivity contribution in [2.75, 3.05) is 0 Å². The third-order valence-corrected chi connectivity index (χ3v) is 3.10. The molecule has 1 saturated carbocycles. The molecule has 1 aliphatic carbocycles. The van der Waals surface area contributed by atoms with E-state index in [0.29, 0.717) is 0 Å². The molecule has 17 heavy (non-hydrogen) atoms. The van der Waals surface area contributed by atoms with Crippen LogP contribution in [0.1, 0.15) is 44.7 Å². The van der Waals surface area contributed by atoms with Gasteiger partial charge in [0, 0.05) is 6.04 Å². The van der Waals surface area contributed by atoms with Crippen molar-refractivity contribution in [1.29, 1.82) is 0 Å². The smallest absolute Gasteiger partial charge is 0.120 e. The molecule has 0 radical (unpaired) electrons. The standard InChI is InChI=1S/C14H22N2O/c1-10(2)17-13-5-3-4-12(9-13)14(16-15)8-11-6-7-11/h3-5,9-11,14,16H,6-8,15H2,1-2H3. The van der Waals surface area contributed by atoms with E-state index in [2.05, 4.69) is 17.6 Å². The average molecular weight is 234 g/mol. The summed E-state index contributed by atoms with van der Waals surface area (Å²) in [5, 5.41) is 0. The van der Waals surface area contributed by atoms with Gasteiger partial charge < -0.3 is 4.74 Å². The number of nitrogens with one attached hydrogen (secondary N) is 1. The Morgan fingerprint density at radius 1 is 1.41 bits per heavy atom. The van der Waals surface area contributed by atoms with Gasteiger partial charge in [0.05, 0.1) is 6.10 Å². The molecule has 1 fully saturated rings. The second kappa shape index (κ2) is 5.52. The Morgan fingerprint density at radius 2 is 2.18 bits per heavy atom. The van der Waals surface area contributed by atoms with Gasteiger partial charge in [-0.3, -0.25) is 11.3 Å². The summed E-state index contributed by atoms with van der Waals surface area (Å²) in [6, 6.07) is 8.48. The topological polar surface area (TPSA) is 47.3 Å². The van der Waals surface area contributed by atoms with Gasteiger partial charge in [0.1, 0.15) is 5.75 Å². The van der Waals surface area contributed by atoms with Crippen LogP contribution in [0, 0.1) is 5.92 Å². The van der Waals surface area contributed by atoms with Crippen LogP contribution in [0.15, 0.2) is 24.3 Å². The molecule has 2 rings (SSSR count). The fraction of sp³-hybridized carbons (Fsp3) is 0.571. The molecule has 1 atom stereocenters. The summed E-state index contributed by atoms with van der Waals surface area (Å²) < 4.78 is 5.70. The molecule has 3 nitrogen and oxygen atoms in total. The van der Waals surface area contributed by atoms with Crippen molar-refractivity contribution < 1.29 is 4.74 Å². The van der Waals surface area contributed by atoms with Gasteiger partial charge in [-0.2, -0.15) is 0 Å². The highest BCUT2D eigenvalue weighted by Gasteiger charge is 2.25. The maximum atomic E-state index is 5.70. The first-order valence-electron chi connectivity index (χ1n) is 6.41. The molecule has 3 N–H and O–H groups in total. The van der Waals surface area contributed by atoms with Crippen LogP contribution in [0.4, 0.5) is 0 Å². The Hall–Kier alpha value is -1.06. The van der Waals surface area contributed by atoms with E-state index in [4.69, 9.17) is 10.6 Å².